The quantitative estimate of drug-likeness (QED) is 0.475. The van der Waals surface area contributed by atoms with Crippen LogP contribution in [-0.2, 0) is 10.0 Å². The molecule has 0 amide bonds. The monoisotopic (exact) mass is 225 g/mol. The highest BCUT2D eigenvalue weighted by molar-refractivity contribution is 7.91. The van der Waals surface area contributed by atoms with Crippen molar-refractivity contribution in [3.05, 3.63) is 10.1 Å². The van der Waals surface area contributed by atoms with E-state index in [0.717, 1.165) is 4.83 Å². The van der Waals surface area contributed by atoms with Gasteiger partial charge in [0.1, 0.15) is 0 Å². The number of hydrazine groups is 1. The third kappa shape index (κ3) is 2.22. The fourth-order valence-electron chi connectivity index (χ4n) is 0.466. The standard InChI is InChI=1S/C2H3N5O4S2/c3-1-4-5-2(12-1)13(10,11)6-7(8)9/h6H,(H2,3,4). The van der Waals surface area contributed by atoms with Gasteiger partial charge < -0.3 is 5.73 Å². The lowest BCUT2D eigenvalue weighted by Gasteiger charge is -1.92. The molecular formula is C2H3N5O4S2. The second kappa shape index (κ2) is 3.10. The number of hydrogen-bond acceptors (Lipinski definition) is 8. The number of sulfonamides is 1. The maximum Gasteiger partial charge on any atom is 0.340 e. The number of rotatable bonds is 3. The van der Waals surface area contributed by atoms with Crippen molar-refractivity contribution in [2.75, 3.05) is 5.73 Å². The van der Waals surface area contributed by atoms with Gasteiger partial charge in [0.15, 0.2) is 5.03 Å². The molecule has 1 rings (SSSR count). The van der Waals surface area contributed by atoms with Crippen LogP contribution >= 0.6 is 11.3 Å². The van der Waals surface area contributed by atoms with Crippen LogP contribution in [0.15, 0.2) is 4.34 Å². The van der Waals surface area contributed by atoms with Gasteiger partial charge in [0, 0.05) is 0 Å². The van der Waals surface area contributed by atoms with E-state index in [1.165, 1.54) is 0 Å². The molecular weight excluding hydrogens is 222 g/mol. The largest absolute Gasteiger partial charge is 0.374 e. The first kappa shape index (κ1) is 9.60. The number of anilines is 1. The van der Waals surface area contributed by atoms with E-state index in [9.17, 15) is 18.5 Å². The van der Waals surface area contributed by atoms with E-state index < -0.39 is 19.4 Å². The topological polar surface area (TPSA) is 141 Å². The third-order valence-corrected chi connectivity index (χ3v) is 3.23. The first-order chi connectivity index (χ1) is 5.92. The Bertz CT molecular complexity index is 421. The molecule has 0 fully saturated rings. The van der Waals surface area contributed by atoms with Crippen molar-refractivity contribution >= 4 is 26.5 Å². The predicted octanol–water partition coefficient (Wildman–Crippen LogP) is -1.41. The van der Waals surface area contributed by atoms with E-state index in [2.05, 4.69) is 10.2 Å². The Morgan fingerprint density at radius 2 is 2.15 bits per heavy atom. The average Bonchev–Trinajstić information content (AvgIpc) is 2.32. The molecule has 0 atom stereocenters. The normalized spacial score (nSPS) is 11.1. The molecule has 13 heavy (non-hydrogen) atoms. The molecule has 0 aliphatic carbocycles. The van der Waals surface area contributed by atoms with Crippen molar-refractivity contribution in [1.82, 2.24) is 15.0 Å². The van der Waals surface area contributed by atoms with E-state index >= 15 is 0 Å². The first-order valence-corrected chi connectivity index (χ1v) is 4.97. The number of nitrogens with two attached hydrogens (primary N) is 1. The Hall–Kier alpha value is -1.49. The Kier molecular flexibility index (Phi) is 2.29. The molecule has 0 aliphatic rings. The van der Waals surface area contributed by atoms with Gasteiger partial charge in [0.05, 0.1) is 0 Å². The Morgan fingerprint density at radius 3 is 2.54 bits per heavy atom. The van der Waals surface area contributed by atoms with Gasteiger partial charge in [-0.1, -0.05) is 11.3 Å². The third-order valence-electron chi connectivity index (χ3n) is 0.847. The number of aromatic nitrogens is 2. The summed E-state index contributed by atoms with van der Waals surface area (Å²) in [5.41, 5.74) is 5.09. The fourth-order valence-corrected chi connectivity index (χ4v) is 2.04. The second-order valence-electron chi connectivity index (χ2n) is 1.76. The average molecular weight is 225 g/mol. The molecule has 0 radical (unpaired) electrons. The summed E-state index contributed by atoms with van der Waals surface area (Å²) in [7, 11) is -4.22. The van der Waals surface area contributed by atoms with Crippen molar-refractivity contribution in [2.24, 2.45) is 0 Å². The number of nitrogens with zero attached hydrogens (tertiary/aromatic N) is 3. The Labute approximate surface area is 75.8 Å². The molecule has 3 N–H and O–H groups in total. The molecule has 72 valence electrons. The van der Waals surface area contributed by atoms with E-state index in [1.807, 2.05) is 0 Å². The Balaban J connectivity index is 3.01. The Morgan fingerprint density at radius 1 is 1.54 bits per heavy atom. The fraction of sp³-hybridized carbons (Fsp3) is 0. The molecule has 1 heterocycles. The van der Waals surface area contributed by atoms with E-state index in [-0.39, 0.29) is 5.13 Å². The number of nitrogen functional groups attached to an aromatic ring is 1. The second-order valence-corrected chi connectivity index (χ2v) is 4.60. The van der Waals surface area contributed by atoms with Crippen LogP contribution < -0.4 is 10.6 Å². The van der Waals surface area contributed by atoms with Crippen LogP contribution in [0, 0.1) is 10.1 Å². The van der Waals surface area contributed by atoms with Crippen LogP contribution in [0.1, 0.15) is 0 Å². The van der Waals surface area contributed by atoms with E-state index in [4.69, 9.17) is 5.73 Å². The SMILES string of the molecule is Nc1nnc(S(=O)(=O)N[N+](=O)[O-])s1. The number of nitro groups is 1. The summed E-state index contributed by atoms with van der Waals surface area (Å²) in [6.07, 6.45) is 0. The molecule has 0 spiro atoms. The van der Waals surface area contributed by atoms with Crippen molar-refractivity contribution in [3.63, 3.8) is 0 Å². The minimum Gasteiger partial charge on any atom is -0.374 e. The summed E-state index contributed by atoms with van der Waals surface area (Å²) in [5.74, 6) is 0. The zero-order valence-corrected chi connectivity index (χ0v) is 7.50. The summed E-state index contributed by atoms with van der Waals surface area (Å²) in [6.45, 7) is 0. The molecule has 0 saturated carbocycles. The maximum atomic E-state index is 11.0. The van der Waals surface area contributed by atoms with Gasteiger partial charge in [0.25, 0.3) is 4.34 Å². The smallest absolute Gasteiger partial charge is 0.340 e. The van der Waals surface area contributed by atoms with Crippen molar-refractivity contribution in [1.29, 1.82) is 0 Å². The molecule has 0 saturated heterocycles. The molecule has 1 aromatic heterocycles. The molecule has 1 aromatic rings. The highest BCUT2D eigenvalue weighted by Gasteiger charge is 2.23. The van der Waals surface area contributed by atoms with Gasteiger partial charge >= 0.3 is 10.0 Å². The minimum atomic E-state index is -4.22. The zero-order chi connectivity index (χ0) is 10.1. The van der Waals surface area contributed by atoms with E-state index in [1.54, 1.807) is 0 Å². The molecule has 0 bridgehead atoms. The first-order valence-electron chi connectivity index (χ1n) is 2.67. The van der Waals surface area contributed by atoms with Gasteiger partial charge in [0.2, 0.25) is 5.13 Å². The van der Waals surface area contributed by atoms with Gasteiger partial charge in [-0.3, -0.25) is 0 Å². The van der Waals surface area contributed by atoms with Gasteiger partial charge in [-0.05, 0) is 4.83 Å². The summed E-state index contributed by atoms with van der Waals surface area (Å²) in [6, 6.07) is 0. The lowest BCUT2D eigenvalue weighted by Crippen LogP contribution is -2.29. The van der Waals surface area contributed by atoms with Crippen LogP contribution in [0.25, 0.3) is 0 Å². The van der Waals surface area contributed by atoms with Gasteiger partial charge in [-0.2, -0.15) is 8.42 Å². The molecule has 0 unspecified atom stereocenters. The summed E-state index contributed by atoms with van der Waals surface area (Å²) < 4.78 is 21.4. The van der Waals surface area contributed by atoms with Crippen molar-refractivity contribution < 1.29 is 13.5 Å². The van der Waals surface area contributed by atoms with Crippen LogP contribution in [0.4, 0.5) is 5.13 Å². The molecule has 9 nitrogen and oxygen atoms in total. The summed E-state index contributed by atoms with van der Waals surface area (Å²) in [4.78, 5) is 10.9. The molecule has 0 aromatic carbocycles. The summed E-state index contributed by atoms with van der Waals surface area (Å²) in [5, 5.41) is 14.9. The zero-order valence-electron chi connectivity index (χ0n) is 5.87. The lowest BCUT2D eigenvalue weighted by atomic mass is 11.3. The lowest BCUT2D eigenvalue weighted by molar-refractivity contribution is -0.518. The van der Waals surface area contributed by atoms with Crippen molar-refractivity contribution in [2.45, 2.75) is 4.34 Å². The number of hydrogen-bond donors (Lipinski definition) is 2. The predicted molar refractivity (Wildman–Crippen MR) is 41.6 cm³/mol. The van der Waals surface area contributed by atoms with Gasteiger partial charge in [-0.15, -0.1) is 10.2 Å². The highest BCUT2D eigenvalue weighted by Crippen LogP contribution is 2.15. The molecule has 0 aliphatic heterocycles. The highest BCUT2D eigenvalue weighted by atomic mass is 32.2. The molecule has 11 heteroatoms. The number of nitrogens with one attached hydrogen (secondary N) is 1. The van der Waals surface area contributed by atoms with E-state index in [0.29, 0.717) is 11.3 Å². The van der Waals surface area contributed by atoms with Crippen molar-refractivity contribution in [3.8, 4) is 0 Å². The van der Waals surface area contributed by atoms with Crippen LogP contribution in [0.3, 0.4) is 0 Å². The minimum absolute atomic E-state index is 0.0799. The van der Waals surface area contributed by atoms with Gasteiger partial charge in [-0.25, -0.2) is 10.1 Å². The van der Waals surface area contributed by atoms with Crippen LogP contribution in [0.2, 0.25) is 0 Å². The maximum absolute atomic E-state index is 11.0. The summed E-state index contributed by atoms with van der Waals surface area (Å²) >= 11 is 0.537. The van der Waals surface area contributed by atoms with Crippen LogP contribution in [-0.4, -0.2) is 23.6 Å². The van der Waals surface area contributed by atoms with Crippen LogP contribution in [0.5, 0.6) is 0 Å².